The molecule has 1 aliphatic heterocycles. The van der Waals surface area contributed by atoms with Crippen LogP contribution in [0.4, 0.5) is 5.69 Å². The zero-order valence-electron chi connectivity index (χ0n) is 20.3. The van der Waals surface area contributed by atoms with Crippen molar-refractivity contribution in [2.45, 2.75) is 39.3 Å². The highest BCUT2D eigenvalue weighted by molar-refractivity contribution is 6.51. The van der Waals surface area contributed by atoms with Crippen LogP contribution in [-0.4, -0.2) is 30.0 Å². The van der Waals surface area contributed by atoms with E-state index in [0.29, 0.717) is 22.7 Å². The van der Waals surface area contributed by atoms with Crippen LogP contribution in [0.3, 0.4) is 0 Å². The summed E-state index contributed by atoms with van der Waals surface area (Å²) in [7, 11) is 1.49. The maximum Gasteiger partial charge on any atom is 0.300 e. The summed E-state index contributed by atoms with van der Waals surface area (Å²) >= 11 is 0. The molecule has 0 spiro atoms. The highest BCUT2D eigenvalue weighted by Gasteiger charge is 2.47. The first kappa shape index (κ1) is 24.1. The van der Waals surface area contributed by atoms with Crippen LogP contribution in [-0.2, 0) is 16.0 Å². The van der Waals surface area contributed by atoms with Crippen molar-refractivity contribution in [3.05, 3.63) is 95.1 Å². The van der Waals surface area contributed by atoms with Crippen LogP contribution in [0, 0.1) is 0 Å². The number of hydrogen-bond acceptors (Lipinski definition) is 5. The molecule has 0 radical (unpaired) electrons. The fourth-order valence-corrected chi connectivity index (χ4v) is 4.29. The number of anilines is 1. The van der Waals surface area contributed by atoms with Gasteiger partial charge in [-0.2, -0.15) is 0 Å². The van der Waals surface area contributed by atoms with Crippen molar-refractivity contribution in [2.24, 2.45) is 0 Å². The second-order valence-electron chi connectivity index (χ2n) is 8.63. The number of rotatable bonds is 7. The molecule has 1 aliphatic rings. The van der Waals surface area contributed by atoms with Gasteiger partial charge in [0.2, 0.25) is 0 Å². The predicted octanol–water partition coefficient (Wildman–Crippen LogP) is 5.67. The molecule has 3 aromatic rings. The molecule has 1 fully saturated rings. The third-order valence-corrected chi connectivity index (χ3v) is 6.00. The molecule has 1 unspecified atom stereocenters. The van der Waals surface area contributed by atoms with E-state index in [4.69, 9.17) is 9.47 Å². The first-order chi connectivity index (χ1) is 16.8. The summed E-state index contributed by atoms with van der Waals surface area (Å²) in [5, 5.41) is 11.3. The Balaban J connectivity index is 1.89. The van der Waals surface area contributed by atoms with Gasteiger partial charge in [0.1, 0.15) is 17.3 Å². The SMILES string of the molecule is CCc1ccc(C2/C(=C(/O)c3ccccc3OC)C(=O)C(=O)N2c2ccc(OC(C)C)cc2)cc1. The normalized spacial score (nSPS) is 17.2. The number of amides is 1. The zero-order chi connectivity index (χ0) is 25.1. The Kier molecular flexibility index (Phi) is 6.92. The highest BCUT2D eigenvalue weighted by Crippen LogP contribution is 2.43. The number of hydrogen-bond donors (Lipinski definition) is 1. The average Bonchev–Trinajstić information content (AvgIpc) is 3.14. The Morgan fingerprint density at radius 3 is 2.23 bits per heavy atom. The third kappa shape index (κ3) is 4.64. The van der Waals surface area contributed by atoms with Crippen LogP contribution in [0.1, 0.15) is 43.5 Å². The number of benzene rings is 3. The molecule has 6 heteroatoms. The number of carbonyl (C=O) groups is 2. The van der Waals surface area contributed by atoms with Crippen LogP contribution >= 0.6 is 0 Å². The fraction of sp³-hybridized carbons (Fsp3) is 0.241. The minimum absolute atomic E-state index is 0.00742. The molecule has 1 atom stereocenters. The largest absolute Gasteiger partial charge is 0.507 e. The van der Waals surface area contributed by atoms with Crippen LogP contribution in [0.15, 0.2) is 78.4 Å². The Hall–Kier alpha value is -4.06. The van der Waals surface area contributed by atoms with E-state index in [0.717, 1.165) is 17.5 Å². The molecule has 1 amide bonds. The van der Waals surface area contributed by atoms with E-state index >= 15 is 0 Å². The van der Waals surface area contributed by atoms with E-state index in [-0.39, 0.29) is 17.4 Å². The van der Waals surface area contributed by atoms with E-state index in [1.54, 1.807) is 48.5 Å². The molecule has 6 nitrogen and oxygen atoms in total. The Morgan fingerprint density at radius 1 is 0.971 bits per heavy atom. The van der Waals surface area contributed by atoms with Gasteiger partial charge >= 0.3 is 0 Å². The number of Topliss-reactive ketones (excluding diaryl/α,β-unsaturated/α-hetero) is 1. The number of aryl methyl sites for hydroxylation is 1. The van der Waals surface area contributed by atoms with Gasteiger partial charge in [0, 0.05) is 5.69 Å². The molecule has 35 heavy (non-hydrogen) atoms. The topological polar surface area (TPSA) is 76.1 Å². The van der Waals surface area contributed by atoms with Crippen molar-refractivity contribution >= 4 is 23.1 Å². The average molecular weight is 472 g/mol. The standard InChI is InChI=1S/C29H29NO5/c1-5-19-10-12-20(13-11-19)26-25(27(31)23-8-6-7-9-24(23)34-4)28(32)29(33)30(26)21-14-16-22(17-15-21)35-18(2)3/h6-18,26,31H,5H2,1-4H3/b27-25-. The minimum Gasteiger partial charge on any atom is -0.507 e. The molecule has 1 saturated heterocycles. The molecule has 0 aliphatic carbocycles. The van der Waals surface area contributed by atoms with Gasteiger partial charge in [-0.25, -0.2) is 0 Å². The van der Waals surface area contributed by atoms with Crippen LogP contribution < -0.4 is 14.4 Å². The number of aliphatic hydroxyl groups excluding tert-OH is 1. The van der Waals surface area contributed by atoms with Gasteiger partial charge in [0.25, 0.3) is 11.7 Å². The van der Waals surface area contributed by atoms with Gasteiger partial charge in [-0.15, -0.1) is 0 Å². The smallest absolute Gasteiger partial charge is 0.300 e. The third-order valence-electron chi connectivity index (χ3n) is 6.00. The summed E-state index contributed by atoms with van der Waals surface area (Å²) in [6.07, 6.45) is 0.868. The summed E-state index contributed by atoms with van der Waals surface area (Å²) in [6.45, 7) is 5.93. The molecule has 0 bridgehead atoms. The molecular formula is C29H29NO5. The fourth-order valence-electron chi connectivity index (χ4n) is 4.29. The Labute approximate surface area is 205 Å². The van der Waals surface area contributed by atoms with Crippen molar-refractivity contribution in [1.82, 2.24) is 0 Å². The number of para-hydroxylation sites is 1. The minimum atomic E-state index is -0.803. The van der Waals surface area contributed by atoms with Crippen molar-refractivity contribution in [3.63, 3.8) is 0 Å². The Morgan fingerprint density at radius 2 is 1.63 bits per heavy atom. The van der Waals surface area contributed by atoms with Crippen molar-refractivity contribution < 1.29 is 24.2 Å². The number of ether oxygens (including phenoxy) is 2. The number of aliphatic hydroxyl groups is 1. The zero-order valence-corrected chi connectivity index (χ0v) is 20.3. The van der Waals surface area contributed by atoms with Gasteiger partial charge in [-0.05, 0) is 67.8 Å². The van der Waals surface area contributed by atoms with Crippen LogP contribution in [0.5, 0.6) is 11.5 Å². The molecule has 0 aromatic heterocycles. The first-order valence-electron chi connectivity index (χ1n) is 11.7. The molecular weight excluding hydrogens is 442 g/mol. The second-order valence-corrected chi connectivity index (χ2v) is 8.63. The number of nitrogens with zero attached hydrogens (tertiary/aromatic N) is 1. The number of carbonyl (C=O) groups excluding carboxylic acids is 2. The summed E-state index contributed by atoms with van der Waals surface area (Å²) in [6, 6.07) is 20.8. The van der Waals surface area contributed by atoms with E-state index in [1.807, 2.05) is 38.1 Å². The molecule has 4 rings (SSSR count). The summed E-state index contributed by atoms with van der Waals surface area (Å²) in [5.41, 5.74) is 2.76. The lowest BCUT2D eigenvalue weighted by molar-refractivity contribution is -0.132. The molecule has 1 heterocycles. The molecule has 0 saturated carbocycles. The van der Waals surface area contributed by atoms with Crippen molar-refractivity contribution in [1.29, 1.82) is 0 Å². The second kappa shape index (κ2) is 10.1. The van der Waals surface area contributed by atoms with Gasteiger partial charge in [-0.3, -0.25) is 14.5 Å². The predicted molar refractivity (Wildman–Crippen MR) is 136 cm³/mol. The Bertz CT molecular complexity index is 1260. The molecule has 180 valence electrons. The maximum atomic E-state index is 13.3. The van der Waals surface area contributed by atoms with Gasteiger partial charge in [-0.1, -0.05) is 43.3 Å². The number of ketones is 1. The number of methoxy groups -OCH3 is 1. The lowest BCUT2D eigenvalue weighted by Gasteiger charge is -2.26. The van der Waals surface area contributed by atoms with E-state index < -0.39 is 17.7 Å². The quantitative estimate of drug-likeness (QED) is 0.273. The lowest BCUT2D eigenvalue weighted by Crippen LogP contribution is -2.29. The molecule has 3 aromatic carbocycles. The van der Waals surface area contributed by atoms with Gasteiger partial charge in [0.15, 0.2) is 0 Å². The van der Waals surface area contributed by atoms with E-state index in [2.05, 4.69) is 6.92 Å². The summed E-state index contributed by atoms with van der Waals surface area (Å²) < 4.78 is 11.1. The van der Waals surface area contributed by atoms with Crippen LogP contribution in [0.2, 0.25) is 0 Å². The monoisotopic (exact) mass is 471 g/mol. The summed E-state index contributed by atoms with van der Waals surface area (Å²) in [5.74, 6) is -0.652. The molecule has 1 N–H and O–H groups in total. The highest BCUT2D eigenvalue weighted by atomic mass is 16.5. The van der Waals surface area contributed by atoms with Crippen molar-refractivity contribution in [3.8, 4) is 11.5 Å². The lowest BCUT2D eigenvalue weighted by atomic mass is 9.94. The van der Waals surface area contributed by atoms with Gasteiger partial charge < -0.3 is 14.6 Å². The van der Waals surface area contributed by atoms with E-state index in [9.17, 15) is 14.7 Å². The first-order valence-corrected chi connectivity index (χ1v) is 11.7. The maximum absolute atomic E-state index is 13.3. The van der Waals surface area contributed by atoms with Crippen LogP contribution in [0.25, 0.3) is 5.76 Å². The van der Waals surface area contributed by atoms with Crippen molar-refractivity contribution in [2.75, 3.05) is 12.0 Å². The van der Waals surface area contributed by atoms with E-state index in [1.165, 1.54) is 12.0 Å². The van der Waals surface area contributed by atoms with Gasteiger partial charge in [0.05, 0.1) is 30.4 Å². The summed E-state index contributed by atoms with van der Waals surface area (Å²) in [4.78, 5) is 28.1.